The number of carbonyl (C=O) groups excluding carboxylic acids is 2. The van der Waals surface area contributed by atoms with Gasteiger partial charge in [0.25, 0.3) is 0 Å². The lowest BCUT2D eigenvalue weighted by molar-refractivity contribution is -0.116. The molecule has 1 aliphatic rings. The predicted molar refractivity (Wildman–Crippen MR) is 87.5 cm³/mol. The molecule has 10 heteroatoms. The minimum Gasteiger partial charge on any atom is -0.394 e. The lowest BCUT2D eigenvalue weighted by Crippen LogP contribution is -2.24. The Labute approximate surface area is 147 Å². The van der Waals surface area contributed by atoms with Crippen molar-refractivity contribution >= 4 is 29.4 Å². The molecule has 3 aromatic heterocycles. The van der Waals surface area contributed by atoms with Crippen molar-refractivity contribution in [3.8, 4) is 0 Å². The zero-order valence-corrected chi connectivity index (χ0v) is 13.9. The zero-order valence-electron chi connectivity index (χ0n) is 13.9. The number of carbonyl (C=O) groups is 2. The van der Waals surface area contributed by atoms with Gasteiger partial charge in [0, 0.05) is 12.1 Å². The molecule has 0 aromatic carbocycles. The smallest absolute Gasteiger partial charge is 0.168 e. The van der Waals surface area contributed by atoms with E-state index in [9.17, 15) is 19.8 Å². The Hall–Kier alpha value is -2.69. The average molecular weight is 359 g/mol. The maximum Gasteiger partial charge on any atom is 0.168 e. The van der Waals surface area contributed by atoms with E-state index in [-0.39, 0.29) is 6.61 Å². The van der Waals surface area contributed by atoms with Crippen LogP contribution in [-0.2, 0) is 14.3 Å². The summed E-state index contributed by atoms with van der Waals surface area (Å²) in [7, 11) is 0. The third-order valence-electron chi connectivity index (χ3n) is 4.76. The first-order chi connectivity index (χ1) is 12.6. The fourth-order valence-electron chi connectivity index (χ4n) is 3.33. The molecule has 1 aliphatic heterocycles. The van der Waals surface area contributed by atoms with Gasteiger partial charge in [-0.3, -0.25) is 8.97 Å². The van der Waals surface area contributed by atoms with Gasteiger partial charge in [-0.2, -0.15) is 0 Å². The third kappa shape index (κ3) is 2.34. The Kier molecular flexibility index (Phi) is 4.02. The summed E-state index contributed by atoms with van der Waals surface area (Å²) >= 11 is 0. The van der Waals surface area contributed by atoms with Crippen LogP contribution in [0.3, 0.4) is 0 Å². The minimum absolute atomic E-state index is 0.274. The number of rotatable bonds is 5. The quantitative estimate of drug-likeness (QED) is 0.461. The standard InChI is InChI=1S/C16H17N5O5/c1-8-13(9(3-22)4-23)19-16-14-15(18-7-20(8)16)21(6-17-14)12-2-10(25)11(5-24)26-12/h3-4,6-7,9-12,24-25H,2,5H2,1H3/t10-,11+,12+/m0/s1. The van der Waals surface area contributed by atoms with Crippen molar-refractivity contribution in [1.29, 1.82) is 0 Å². The molecule has 0 saturated carbocycles. The molecule has 3 atom stereocenters. The Bertz CT molecular complexity index is 988. The molecule has 3 aromatic rings. The Balaban J connectivity index is 1.83. The van der Waals surface area contributed by atoms with Crippen molar-refractivity contribution in [2.45, 2.75) is 37.7 Å². The van der Waals surface area contributed by atoms with E-state index in [1.807, 2.05) is 0 Å². The van der Waals surface area contributed by atoms with Crippen molar-refractivity contribution in [1.82, 2.24) is 23.9 Å². The topological polar surface area (TPSA) is 132 Å². The lowest BCUT2D eigenvalue weighted by atomic mass is 10.1. The Morgan fingerprint density at radius 3 is 2.73 bits per heavy atom. The minimum atomic E-state index is -0.939. The summed E-state index contributed by atoms with van der Waals surface area (Å²) in [6.07, 6.45) is 2.56. The summed E-state index contributed by atoms with van der Waals surface area (Å²) in [5.74, 6) is -0.939. The van der Waals surface area contributed by atoms with Crippen molar-refractivity contribution in [3.63, 3.8) is 0 Å². The third-order valence-corrected chi connectivity index (χ3v) is 4.76. The number of aromatic nitrogens is 5. The highest BCUT2D eigenvalue weighted by molar-refractivity contribution is 5.88. The molecule has 4 heterocycles. The van der Waals surface area contributed by atoms with Gasteiger partial charge in [-0.15, -0.1) is 0 Å². The van der Waals surface area contributed by atoms with E-state index < -0.39 is 24.4 Å². The first-order valence-electron chi connectivity index (χ1n) is 8.14. The molecular weight excluding hydrogens is 342 g/mol. The number of fused-ring (bicyclic) bond motifs is 3. The average Bonchev–Trinajstić information content (AvgIpc) is 3.32. The number of aliphatic hydroxyl groups excluding tert-OH is 2. The van der Waals surface area contributed by atoms with E-state index >= 15 is 0 Å². The van der Waals surface area contributed by atoms with Crippen molar-refractivity contribution in [2.75, 3.05) is 6.61 Å². The lowest BCUT2D eigenvalue weighted by Gasteiger charge is -2.13. The van der Waals surface area contributed by atoms with Gasteiger partial charge in [0.2, 0.25) is 0 Å². The van der Waals surface area contributed by atoms with Crippen LogP contribution in [0.2, 0.25) is 0 Å². The van der Waals surface area contributed by atoms with E-state index in [4.69, 9.17) is 4.74 Å². The molecule has 4 rings (SSSR count). The monoisotopic (exact) mass is 359 g/mol. The summed E-state index contributed by atoms with van der Waals surface area (Å²) in [5, 5.41) is 19.2. The molecule has 0 bridgehead atoms. The van der Waals surface area contributed by atoms with Crippen molar-refractivity contribution in [2.24, 2.45) is 0 Å². The van der Waals surface area contributed by atoms with Gasteiger partial charge in [0.15, 0.2) is 16.8 Å². The normalized spacial score (nSPS) is 23.3. The summed E-state index contributed by atoms with van der Waals surface area (Å²) in [5.41, 5.74) is 2.47. The molecule has 0 spiro atoms. The fourth-order valence-corrected chi connectivity index (χ4v) is 3.33. The summed E-state index contributed by atoms with van der Waals surface area (Å²) in [6, 6.07) is 0. The highest BCUT2D eigenvalue weighted by Gasteiger charge is 2.35. The predicted octanol–water partition coefficient (Wildman–Crippen LogP) is -0.490. The summed E-state index contributed by atoms with van der Waals surface area (Å²) in [6.45, 7) is 1.48. The van der Waals surface area contributed by atoms with E-state index in [0.29, 0.717) is 47.2 Å². The van der Waals surface area contributed by atoms with Gasteiger partial charge in [-0.05, 0) is 6.92 Å². The summed E-state index contributed by atoms with van der Waals surface area (Å²) < 4.78 is 9.00. The van der Waals surface area contributed by atoms with Crippen LogP contribution < -0.4 is 0 Å². The first kappa shape index (κ1) is 16.8. The SMILES string of the molecule is Cc1c(C(C=O)C=O)nc2c3ncn([C@H]4C[C@H](O)[C@@H](CO)O4)c3ncn12. The molecule has 1 saturated heterocycles. The summed E-state index contributed by atoms with van der Waals surface area (Å²) in [4.78, 5) is 35.4. The number of ether oxygens (including phenoxy) is 1. The van der Waals surface area contributed by atoms with Gasteiger partial charge in [-0.25, -0.2) is 15.0 Å². The maximum atomic E-state index is 11.1. The molecular formula is C16H17N5O5. The number of aliphatic hydroxyl groups is 2. The Morgan fingerprint density at radius 1 is 1.31 bits per heavy atom. The fraction of sp³-hybridized carbons (Fsp3) is 0.438. The van der Waals surface area contributed by atoms with Gasteiger partial charge >= 0.3 is 0 Å². The van der Waals surface area contributed by atoms with Crippen LogP contribution in [0.5, 0.6) is 0 Å². The van der Waals surface area contributed by atoms with Crippen molar-refractivity contribution < 1.29 is 24.5 Å². The van der Waals surface area contributed by atoms with Gasteiger partial charge in [0.05, 0.1) is 24.7 Å². The van der Waals surface area contributed by atoms with Gasteiger partial charge < -0.3 is 24.5 Å². The molecule has 2 N–H and O–H groups in total. The first-order valence-corrected chi connectivity index (χ1v) is 8.14. The van der Waals surface area contributed by atoms with E-state index in [1.165, 1.54) is 6.33 Å². The van der Waals surface area contributed by atoms with Crippen LogP contribution in [0, 0.1) is 6.92 Å². The number of hydrogen-bond acceptors (Lipinski definition) is 8. The molecule has 0 unspecified atom stereocenters. The molecule has 0 aliphatic carbocycles. The van der Waals surface area contributed by atoms with Crippen LogP contribution >= 0.6 is 0 Å². The largest absolute Gasteiger partial charge is 0.394 e. The molecule has 0 radical (unpaired) electrons. The highest BCUT2D eigenvalue weighted by Crippen LogP contribution is 2.31. The zero-order chi connectivity index (χ0) is 18.4. The second-order valence-electron chi connectivity index (χ2n) is 6.26. The molecule has 0 amide bonds. The number of hydrogen-bond donors (Lipinski definition) is 2. The van der Waals surface area contributed by atoms with Crippen molar-refractivity contribution in [3.05, 3.63) is 24.0 Å². The number of aryl methyl sites for hydroxylation is 1. The van der Waals surface area contributed by atoms with E-state index in [1.54, 1.807) is 22.2 Å². The van der Waals surface area contributed by atoms with E-state index in [0.717, 1.165) is 0 Å². The second kappa shape index (κ2) is 6.24. The molecule has 136 valence electrons. The van der Waals surface area contributed by atoms with Crippen LogP contribution in [0.1, 0.15) is 30.0 Å². The van der Waals surface area contributed by atoms with Crippen LogP contribution in [0.15, 0.2) is 12.7 Å². The maximum absolute atomic E-state index is 11.1. The van der Waals surface area contributed by atoms with Gasteiger partial charge in [-0.1, -0.05) is 0 Å². The number of aldehydes is 2. The number of imidazole rings is 2. The molecule has 26 heavy (non-hydrogen) atoms. The number of nitrogens with zero attached hydrogens (tertiary/aromatic N) is 5. The van der Waals surface area contributed by atoms with Crippen LogP contribution in [0.25, 0.3) is 16.8 Å². The van der Waals surface area contributed by atoms with E-state index in [2.05, 4.69) is 15.0 Å². The molecule has 10 nitrogen and oxygen atoms in total. The highest BCUT2D eigenvalue weighted by atomic mass is 16.5. The van der Waals surface area contributed by atoms with Gasteiger partial charge in [0.1, 0.15) is 37.1 Å². The molecule has 1 fully saturated rings. The Morgan fingerprint density at radius 2 is 2.08 bits per heavy atom. The van der Waals surface area contributed by atoms with Crippen LogP contribution in [-0.4, -0.2) is 65.5 Å². The van der Waals surface area contributed by atoms with Crippen LogP contribution in [0.4, 0.5) is 0 Å². The second-order valence-corrected chi connectivity index (χ2v) is 6.26.